The van der Waals surface area contributed by atoms with E-state index in [-0.39, 0.29) is 0 Å². The minimum atomic E-state index is -1.53. The van der Waals surface area contributed by atoms with Crippen LogP contribution in [0, 0.1) is 16.7 Å². The van der Waals surface area contributed by atoms with Crippen molar-refractivity contribution in [2.45, 2.75) is 25.6 Å². The number of rotatable bonds is 2. The molecule has 0 aromatic rings. The van der Waals surface area contributed by atoms with E-state index in [4.69, 9.17) is 14.7 Å². The highest BCUT2D eigenvalue weighted by atomic mass is 16.8. The van der Waals surface area contributed by atoms with Gasteiger partial charge in [-0.25, -0.2) is 9.59 Å². The number of carbonyl (C=O) groups is 2. The molecule has 1 rings (SSSR count). The molecule has 2 unspecified atom stereocenters. The first-order valence-corrected chi connectivity index (χ1v) is 4.78. The second-order valence-electron chi connectivity index (χ2n) is 4.08. The summed E-state index contributed by atoms with van der Waals surface area (Å²) in [6, 6.07) is 1.83. The monoisotopic (exact) mass is 243 g/mol. The van der Waals surface area contributed by atoms with E-state index in [1.165, 1.54) is 0 Å². The van der Waals surface area contributed by atoms with Crippen LogP contribution in [-0.2, 0) is 18.9 Å². The minimum absolute atomic E-state index is 0.815. The van der Waals surface area contributed by atoms with Gasteiger partial charge in [-0.3, -0.25) is 0 Å². The Hall–Kier alpha value is -1.97. The summed E-state index contributed by atoms with van der Waals surface area (Å²) in [5.41, 5.74) is -2.35. The van der Waals surface area contributed by atoms with E-state index in [1.54, 1.807) is 13.8 Å². The number of hydrogen-bond donors (Lipinski definition) is 0. The van der Waals surface area contributed by atoms with Crippen LogP contribution in [0.4, 0.5) is 9.59 Å². The lowest BCUT2D eigenvalue weighted by Gasteiger charge is -2.10. The van der Waals surface area contributed by atoms with Crippen molar-refractivity contribution < 1.29 is 28.5 Å². The number of hydrogen-bond acceptors (Lipinski definition) is 7. The quantitative estimate of drug-likeness (QED) is 0.673. The molecule has 94 valence electrons. The maximum atomic E-state index is 11.0. The Bertz CT molecular complexity index is 385. The Kier molecular flexibility index (Phi) is 3.18. The van der Waals surface area contributed by atoms with Crippen LogP contribution >= 0.6 is 0 Å². The maximum absolute atomic E-state index is 11.0. The van der Waals surface area contributed by atoms with Gasteiger partial charge in [0.1, 0.15) is 6.07 Å². The normalized spacial score (nSPS) is 28.5. The average molecular weight is 243 g/mol. The first-order chi connectivity index (χ1) is 7.85. The van der Waals surface area contributed by atoms with Gasteiger partial charge in [-0.1, -0.05) is 13.8 Å². The molecule has 1 aliphatic carbocycles. The predicted molar refractivity (Wildman–Crippen MR) is 52.9 cm³/mol. The largest absolute Gasteiger partial charge is 0.509 e. The fourth-order valence-electron chi connectivity index (χ4n) is 1.64. The smallest absolute Gasteiger partial charge is 0.438 e. The van der Waals surface area contributed by atoms with Gasteiger partial charge in [-0.2, -0.15) is 5.26 Å². The molecule has 7 nitrogen and oxygen atoms in total. The van der Waals surface area contributed by atoms with Crippen LogP contribution in [0.15, 0.2) is 0 Å². The second kappa shape index (κ2) is 4.13. The standard InChI is InChI=1S/C10H13NO6/c1-9(2)6(16-7(12)14-3)10(9,5-11)17-8(13)15-4/h6H,1-4H3. The summed E-state index contributed by atoms with van der Waals surface area (Å²) in [7, 11) is 2.27. The molecule has 2 atom stereocenters. The highest BCUT2D eigenvalue weighted by molar-refractivity contribution is 5.65. The molecule has 0 bridgehead atoms. The molecule has 7 heteroatoms. The molecule has 1 saturated carbocycles. The number of nitrogens with zero attached hydrogens (tertiary/aromatic N) is 1. The molecule has 0 heterocycles. The summed E-state index contributed by atoms with van der Waals surface area (Å²) in [6.45, 7) is 3.26. The molecule has 0 aromatic carbocycles. The van der Waals surface area contributed by atoms with Gasteiger partial charge in [0, 0.05) is 0 Å². The van der Waals surface area contributed by atoms with Crippen molar-refractivity contribution in [2.75, 3.05) is 14.2 Å². The molecule has 0 aromatic heterocycles. The first-order valence-electron chi connectivity index (χ1n) is 4.78. The molecule has 1 fully saturated rings. The van der Waals surface area contributed by atoms with Crippen LogP contribution in [0.2, 0.25) is 0 Å². The summed E-state index contributed by atoms with van der Waals surface area (Å²) in [5, 5.41) is 9.08. The van der Waals surface area contributed by atoms with Crippen molar-refractivity contribution in [1.29, 1.82) is 5.26 Å². The van der Waals surface area contributed by atoms with Gasteiger partial charge in [-0.15, -0.1) is 0 Å². The van der Waals surface area contributed by atoms with Gasteiger partial charge >= 0.3 is 12.3 Å². The number of carbonyl (C=O) groups excluding carboxylic acids is 2. The zero-order valence-electron chi connectivity index (χ0n) is 9.97. The Labute approximate surface area is 98.2 Å². The van der Waals surface area contributed by atoms with Crippen LogP contribution in [0.25, 0.3) is 0 Å². The maximum Gasteiger partial charge on any atom is 0.509 e. The molecule has 0 amide bonds. The SMILES string of the molecule is COC(=O)OC1C(C)(C)C1(C#N)OC(=O)OC. The van der Waals surface area contributed by atoms with Crippen molar-refractivity contribution in [3.05, 3.63) is 0 Å². The Morgan fingerprint density at radius 3 is 2.12 bits per heavy atom. The summed E-state index contributed by atoms with van der Waals surface area (Å²) >= 11 is 0. The molecule has 0 saturated heterocycles. The van der Waals surface area contributed by atoms with E-state index in [0.29, 0.717) is 0 Å². The second-order valence-corrected chi connectivity index (χ2v) is 4.08. The van der Waals surface area contributed by atoms with E-state index >= 15 is 0 Å². The van der Waals surface area contributed by atoms with Gasteiger partial charge in [0.05, 0.1) is 19.6 Å². The summed E-state index contributed by atoms with van der Waals surface area (Å²) in [6.07, 6.45) is -2.82. The third-order valence-corrected chi connectivity index (χ3v) is 2.86. The third-order valence-electron chi connectivity index (χ3n) is 2.86. The molecule has 0 aliphatic heterocycles. The highest BCUT2D eigenvalue weighted by Gasteiger charge is 2.79. The van der Waals surface area contributed by atoms with E-state index < -0.39 is 29.4 Å². The van der Waals surface area contributed by atoms with E-state index in [2.05, 4.69) is 9.47 Å². The van der Waals surface area contributed by atoms with Gasteiger partial charge in [0.2, 0.25) is 5.60 Å². The minimum Gasteiger partial charge on any atom is -0.438 e. The van der Waals surface area contributed by atoms with Crippen LogP contribution in [0.5, 0.6) is 0 Å². The summed E-state index contributed by atoms with van der Waals surface area (Å²) < 4.78 is 18.4. The predicted octanol–water partition coefficient (Wildman–Crippen LogP) is 1.22. The Balaban J connectivity index is 2.84. The first kappa shape index (κ1) is 13.1. The lowest BCUT2D eigenvalue weighted by Crippen LogP contribution is -2.26. The topological polar surface area (TPSA) is 94.9 Å². The fourth-order valence-corrected chi connectivity index (χ4v) is 1.64. The fraction of sp³-hybridized carbons (Fsp3) is 0.700. The number of methoxy groups -OCH3 is 2. The van der Waals surface area contributed by atoms with Crippen molar-refractivity contribution in [2.24, 2.45) is 5.41 Å². The lowest BCUT2D eigenvalue weighted by atomic mass is 10.1. The average Bonchev–Trinajstić information content (AvgIpc) is 2.75. The van der Waals surface area contributed by atoms with Crippen LogP contribution < -0.4 is 0 Å². The molecule has 0 N–H and O–H groups in total. The third kappa shape index (κ3) is 1.86. The Morgan fingerprint density at radius 1 is 1.18 bits per heavy atom. The number of ether oxygens (including phenoxy) is 4. The Morgan fingerprint density at radius 2 is 1.71 bits per heavy atom. The van der Waals surface area contributed by atoms with Crippen molar-refractivity contribution in [1.82, 2.24) is 0 Å². The lowest BCUT2D eigenvalue weighted by molar-refractivity contribution is 0.00852. The molecule has 0 radical (unpaired) electrons. The van der Waals surface area contributed by atoms with Crippen molar-refractivity contribution in [3.8, 4) is 6.07 Å². The molecular weight excluding hydrogens is 230 g/mol. The number of nitriles is 1. The van der Waals surface area contributed by atoms with Crippen molar-refractivity contribution >= 4 is 12.3 Å². The van der Waals surface area contributed by atoms with Gasteiger partial charge < -0.3 is 18.9 Å². The van der Waals surface area contributed by atoms with E-state index in [0.717, 1.165) is 14.2 Å². The van der Waals surface area contributed by atoms with E-state index in [9.17, 15) is 9.59 Å². The van der Waals surface area contributed by atoms with Crippen LogP contribution in [-0.4, -0.2) is 38.2 Å². The van der Waals surface area contributed by atoms with Crippen LogP contribution in [0.1, 0.15) is 13.8 Å². The van der Waals surface area contributed by atoms with Gasteiger partial charge in [-0.05, 0) is 0 Å². The van der Waals surface area contributed by atoms with Gasteiger partial charge in [0.15, 0.2) is 6.10 Å². The van der Waals surface area contributed by atoms with Gasteiger partial charge in [0.25, 0.3) is 0 Å². The molecule has 0 spiro atoms. The zero-order valence-corrected chi connectivity index (χ0v) is 9.97. The molecule has 17 heavy (non-hydrogen) atoms. The van der Waals surface area contributed by atoms with Crippen molar-refractivity contribution in [3.63, 3.8) is 0 Å². The van der Waals surface area contributed by atoms with E-state index in [1.807, 2.05) is 6.07 Å². The molecule has 1 aliphatic rings. The summed E-state index contributed by atoms with van der Waals surface area (Å²) in [5.74, 6) is 0. The van der Waals surface area contributed by atoms with Crippen LogP contribution in [0.3, 0.4) is 0 Å². The molecular formula is C10H13NO6. The zero-order chi connectivity index (χ0) is 13.3. The summed E-state index contributed by atoms with van der Waals surface area (Å²) in [4.78, 5) is 22.0. The highest BCUT2D eigenvalue weighted by Crippen LogP contribution is 2.60.